The van der Waals surface area contributed by atoms with Crippen molar-refractivity contribution in [2.75, 3.05) is 12.5 Å². The van der Waals surface area contributed by atoms with E-state index in [-0.39, 0.29) is 23.2 Å². The van der Waals surface area contributed by atoms with Gasteiger partial charge in [0.25, 0.3) is 0 Å². The molecule has 178 valence electrons. The van der Waals surface area contributed by atoms with Gasteiger partial charge in [0.15, 0.2) is 0 Å². The number of hydrogen-bond acceptors (Lipinski definition) is 7. The lowest BCUT2D eigenvalue weighted by atomic mass is 9.95. The van der Waals surface area contributed by atoms with Crippen molar-refractivity contribution in [3.05, 3.63) is 35.9 Å². The van der Waals surface area contributed by atoms with Gasteiger partial charge in [0.1, 0.15) is 27.8 Å². The number of aliphatic carboxylic acids is 1. The van der Waals surface area contributed by atoms with E-state index in [1.807, 2.05) is 44.2 Å². The fourth-order valence-corrected chi connectivity index (χ4v) is 7.58. The van der Waals surface area contributed by atoms with E-state index in [0.29, 0.717) is 12.5 Å². The van der Waals surface area contributed by atoms with E-state index in [1.54, 1.807) is 0 Å². The molecule has 0 spiro atoms. The van der Waals surface area contributed by atoms with Crippen molar-refractivity contribution in [3.8, 4) is 0 Å². The van der Waals surface area contributed by atoms with Crippen LogP contribution >= 0.6 is 35.7 Å². The monoisotopic (exact) mass is 508 g/mol. The Balaban J connectivity index is 1.56. The third-order valence-electron chi connectivity index (χ3n) is 6.25. The van der Waals surface area contributed by atoms with Crippen LogP contribution < -0.4 is 5.32 Å². The summed E-state index contributed by atoms with van der Waals surface area (Å²) in [4.78, 5) is 43.8. The Kier molecular flexibility index (Phi) is 6.69. The number of carbonyl (C=O) groups is 3. The highest BCUT2D eigenvalue weighted by atomic mass is 32.2. The van der Waals surface area contributed by atoms with Gasteiger partial charge in [-0.1, -0.05) is 54.3 Å². The van der Waals surface area contributed by atoms with Crippen molar-refractivity contribution in [3.63, 3.8) is 0 Å². The second kappa shape index (κ2) is 9.09. The number of carbonyl (C=O) groups excluding carboxylic acids is 2. The zero-order chi connectivity index (χ0) is 24.1. The van der Waals surface area contributed by atoms with Gasteiger partial charge in [0, 0.05) is 10.8 Å². The molecule has 0 unspecified atom stereocenters. The topological polar surface area (TPSA) is 93.2 Å². The maximum atomic E-state index is 13.6. The highest BCUT2D eigenvalue weighted by Crippen LogP contribution is 2.50. The zero-order valence-electron chi connectivity index (χ0n) is 18.9. The van der Waals surface area contributed by atoms with Crippen LogP contribution in [0.4, 0.5) is 0 Å². The number of thiocarbonyl (C=S) groups is 1. The summed E-state index contributed by atoms with van der Waals surface area (Å²) in [6.07, 6.45) is 0. The Labute approximate surface area is 207 Å². The van der Waals surface area contributed by atoms with Crippen LogP contribution in [0.25, 0.3) is 0 Å². The second-order valence-electron chi connectivity index (χ2n) is 9.23. The smallest absolute Gasteiger partial charge is 0.327 e. The molecule has 4 atom stereocenters. The molecule has 0 bridgehead atoms. The average Bonchev–Trinajstić information content (AvgIpc) is 3.02. The number of β-lactam (4-membered cyclic amide) rings is 1. The Morgan fingerprint density at radius 3 is 2.52 bits per heavy atom. The standard InChI is InChI=1S/C22H28N4O4S3/c1-12(2)25-10-24(11-32-21(25)31)15(13-8-6-5-7-9-13)17(27)23-14-18(28)26-16(20(29)30)22(3,4)33-19(14)26/h5-9,12,14-16,19H,10-11H2,1-4H3,(H,23,27)(H,29,30)/t14-,15+,16+,19+/m0/s1. The zero-order valence-corrected chi connectivity index (χ0v) is 21.4. The molecular weight excluding hydrogens is 480 g/mol. The molecule has 0 aromatic heterocycles. The van der Waals surface area contributed by atoms with Crippen LogP contribution in [0.2, 0.25) is 0 Å². The van der Waals surface area contributed by atoms with Gasteiger partial charge < -0.3 is 20.2 Å². The van der Waals surface area contributed by atoms with E-state index in [1.165, 1.54) is 28.4 Å². The van der Waals surface area contributed by atoms with Gasteiger partial charge in [0.05, 0.1) is 12.5 Å². The molecule has 3 fully saturated rings. The molecule has 3 heterocycles. The SMILES string of the molecule is CC(C)N1CN([C@@H](C(=O)N[C@H]2C(=O)N3[C@@H]2SC(C)(C)[C@H]3C(=O)O)c2ccccc2)CSC1=S. The Bertz CT molecular complexity index is 974. The van der Waals surface area contributed by atoms with E-state index in [4.69, 9.17) is 12.2 Å². The molecule has 1 aromatic rings. The van der Waals surface area contributed by atoms with E-state index in [2.05, 4.69) is 29.0 Å². The number of fused-ring (bicyclic) bond motifs is 1. The first-order valence-electron chi connectivity index (χ1n) is 10.8. The molecule has 8 nitrogen and oxygen atoms in total. The maximum Gasteiger partial charge on any atom is 0.327 e. The number of hydrogen-bond donors (Lipinski definition) is 2. The highest BCUT2D eigenvalue weighted by molar-refractivity contribution is 8.22. The molecule has 0 saturated carbocycles. The number of rotatable bonds is 6. The predicted octanol–water partition coefficient (Wildman–Crippen LogP) is 2.32. The Morgan fingerprint density at radius 2 is 1.91 bits per heavy atom. The van der Waals surface area contributed by atoms with Crippen LogP contribution in [0.3, 0.4) is 0 Å². The maximum absolute atomic E-state index is 13.6. The second-order valence-corrected chi connectivity index (χ2v) is 12.6. The summed E-state index contributed by atoms with van der Waals surface area (Å²) in [7, 11) is 0. The van der Waals surface area contributed by atoms with Gasteiger partial charge in [-0.05, 0) is 33.3 Å². The number of nitrogens with zero attached hydrogens (tertiary/aromatic N) is 3. The van der Waals surface area contributed by atoms with Crippen molar-refractivity contribution in [1.82, 2.24) is 20.0 Å². The summed E-state index contributed by atoms with van der Waals surface area (Å²) in [5.74, 6) is -1.07. The van der Waals surface area contributed by atoms with Crippen LogP contribution in [0.15, 0.2) is 30.3 Å². The average molecular weight is 509 g/mol. The summed E-state index contributed by atoms with van der Waals surface area (Å²) in [6.45, 7) is 8.28. The molecule has 0 aliphatic carbocycles. The fourth-order valence-electron chi connectivity index (χ4n) is 4.59. The first-order chi connectivity index (χ1) is 15.5. The lowest BCUT2D eigenvalue weighted by Gasteiger charge is -2.45. The molecule has 4 rings (SSSR count). The van der Waals surface area contributed by atoms with Crippen molar-refractivity contribution in [2.45, 2.75) is 62.0 Å². The largest absolute Gasteiger partial charge is 0.480 e. The van der Waals surface area contributed by atoms with E-state index in [0.717, 1.165) is 9.88 Å². The molecule has 2 N–H and O–H groups in total. The molecule has 3 aliphatic rings. The van der Waals surface area contributed by atoms with E-state index >= 15 is 0 Å². The quantitative estimate of drug-likeness (QED) is 0.444. The van der Waals surface area contributed by atoms with Crippen LogP contribution in [0, 0.1) is 0 Å². The summed E-state index contributed by atoms with van der Waals surface area (Å²) >= 11 is 8.45. The third kappa shape index (κ3) is 4.36. The number of thioether (sulfide) groups is 2. The summed E-state index contributed by atoms with van der Waals surface area (Å²) in [5, 5.41) is 12.2. The van der Waals surface area contributed by atoms with E-state index < -0.39 is 28.8 Å². The Hall–Kier alpha value is -1.82. The van der Waals surface area contributed by atoms with E-state index in [9.17, 15) is 19.5 Å². The van der Waals surface area contributed by atoms with Gasteiger partial charge in [-0.15, -0.1) is 11.8 Å². The molecule has 3 saturated heterocycles. The van der Waals surface area contributed by atoms with Crippen molar-refractivity contribution >= 4 is 57.8 Å². The van der Waals surface area contributed by atoms with Crippen LogP contribution in [-0.2, 0) is 14.4 Å². The number of carboxylic acids is 1. The summed E-state index contributed by atoms with van der Waals surface area (Å²) in [5.41, 5.74) is 0.832. The highest BCUT2D eigenvalue weighted by Gasteiger charge is 2.64. The molecule has 3 aliphatic heterocycles. The van der Waals surface area contributed by atoms with Gasteiger partial charge in [-0.2, -0.15) is 0 Å². The van der Waals surface area contributed by atoms with Gasteiger partial charge in [0.2, 0.25) is 11.8 Å². The minimum atomic E-state index is -1.02. The minimum absolute atomic E-state index is 0.194. The minimum Gasteiger partial charge on any atom is -0.480 e. The van der Waals surface area contributed by atoms with Crippen LogP contribution in [0.1, 0.15) is 39.3 Å². The molecule has 0 radical (unpaired) electrons. The number of carboxylic acid groups (broad SMARTS) is 1. The van der Waals surface area contributed by atoms with Crippen LogP contribution in [0.5, 0.6) is 0 Å². The predicted molar refractivity (Wildman–Crippen MR) is 134 cm³/mol. The molecule has 11 heteroatoms. The fraction of sp³-hybridized carbons (Fsp3) is 0.545. The Morgan fingerprint density at radius 1 is 1.24 bits per heavy atom. The lowest BCUT2D eigenvalue weighted by Crippen LogP contribution is -2.71. The van der Waals surface area contributed by atoms with Crippen molar-refractivity contribution in [2.24, 2.45) is 0 Å². The first-order valence-corrected chi connectivity index (χ1v) is 13.1. The molecule has 1 aromatic carbocycles. The van der Waals surface area contributed by atoms with Crippen molar-refractivity contribution < 1.29 is 19.5 Å². The van der Waals surface area contributed by atoms with Gasteiger partial charge >= 0.3 is 5.97 Å². The van der Waals surface area contributed by atoms with Crippen LogP contribution in [-0.4, -0.2) is 82.7 Å². The molecule has 33 heavy (non-hydrogen) atoms. The number of amides is 2. The summed E-state index contributed by atoms with van der Waals surface area (Å²) < 4.78 is 0.170. The third-order valence-corrected chi connectivity index (χ3v) is 9.35. The first kappa shape index (κ1) is 24.3. The van der Waals surface area contributed by atoms with Gasteiger partial charge in [-0.25, -0.2) is 4.79 Å². The lowest BCUT2D eigenvalue weighted by molar-refractivity contribution is -0.161. The summed E-state index contributed by atoms with van der Waals surface area (Å²) in [6, 6.07) is 7.44. The number of benzene rings is 1. The normalized spacial score (nSPS) is 27.8. The molecule has 2 amide bonds. The van der Waals surface area contributed by atoms with Crippen molar-refractivity contribution in [1.29, 1.82) is 0 Å². The number of nitrogens with one attached hydrogen (secondary N) is 1. The molecular formula is C22H28N4O4S3. The van der Waals surface area contributed by atoms with Gasteiger partial charge in [-0.3, -0.25) is 14.5 Å².